The molecular formula is C19H18F3N5O2S2. The second kappa shape index (κ2) is 9.60. The molecule has 3 rings (SSSR count). The molecule has 0 unspecified atom stereocenters. The Morgan fingerprint density at radius 1 is 1.16 bits per heavy atom. The molecule has 0 aliphatic rings. The van der Waals surface area contributed by atoms with Crippen molar-refractivity contribution in [3.63, 3.8) is 0 Å². The molecule has 0 amide bonds. The van der Waals surface area contributed by atoms with Crippen molar-refractivity contribution >= 4 is 33.6 Å². The molecule has 0 N–H and O–H groups in total. The Balaban J connectivity index is 1.80. The largest absolute Gasteiger partial charge is 0.573 e. The van der Waals surface area contributed by atoms with E-state index in [2.05, 4.69) is 20.2 Å². The SMILES string of the molecule is CS/C(=N/c1ccc(OC(F)(F)F)cc1)SCc1c(C)cccc1-n1nnn(C)c1=O. The molecule has 0 saturated heterocycles. The Labute approximate surface area is 184 Å². The fraction of sp³-hybridized carbons (Fsp3) is 0.263. The van der Waals surface area contributed by atoms with Crippen molar-refractivity contribution in [2.24, 2.45) is 12.0 Å². The van der Waals surface area contributed by atoms with Crippen molar-refractivity contribution in [3.05, 3.63) is 64.1 Å². The highest BCUT2D eigenvalue weighted by Gasteiger charge is 2.30. The van der Waals surface area contributed by atoms with Gasteiger partial charge in [-0.25, -0.2) is 9.79 Å². The number of rotatable bonds is 5. The molecule has 1 heterocycles. The zero-order valence-corrected chi connectivity index (χ0v) is 18.4. The molecule has 0 aliphatic carbocycles. The van der Waals surface area contributed by atoms with Gasteiger partial charge < -0.3 is 4.74 Å². The van der Waals surface area contributed by atoms with Crippen molar-refractivity contribution in [2.75, 3.05) is 6.26 Å². The monoisotopic (exact) mass is 469 g/mol. The topological polar surface area (TPSA) is 74.3 Å². The van der Waals surface area contributed by atoms with E-state index in [0.717, 1.165) is 15.8 Å². The van der Waals surface area contributed by atoms with E-state index < -0.39 is 6.36 Å². The number of hydrogen-bond donors (Lipinski definition) is 0. The van der Waals surface area contributed by atoms with Crippen LogP contribution < -0.4 is 10.4 Å². The predicted molar refractivity (Wildman–Crippen MR) is 116 cm³/mol. The van der Waals surface area contributed by atoms with E-state index in [0.29, 0.717) is 21.5 Å². The van der Waals surface area contributed by atoms with Gasteiger partial charge in [0.25, 0.3) is 0 Å². The van der Waals surface area contributed by atoms with E-state index in [1.165, 1.54) is 59.5 Å². The summed E-state index contributed by atoms with van der Waals surface area (Å²) in [5.41, 5.74) is 2.68. The van der Waals surface area contributed by atoms with Gasteiger partial charge in [0.15, 0.2) is 0 Å². The van der Waals surface area contributed by atoms with Crippen LogP contribution in [0.2, 0.25) is 0 Å². The minimum Gasteiger partial charge on any atom is -0.406 e. The van der Waals surface area contributed by atoms with Crippen LogP contribution in [0.1, 0.15) is 11.1 Å². The Hall–Kier alpha value is -2.73. The van der Waals surface area contributed by atoms with Crippen LogP contribution >= 0.6 is 23.5 Å². The van der Waals surface area contributed by atoms with Crippen molar-refractivity contribution in [3.8, 4) is 11.4 Å². The van der Waals surface area contributed by atoms with Gasteiger partial charge in [-0.05, 0) is 65.1 Å². The van der Waals surface area contributed by atoms with E-state index in [1.54, 1.807) is 6.07 Å². The Bertz CT molecular complexity index is 1140. The number of hydrogen-bond acceptors (Lipinski definition) is 7. The number of aryl methyl sites for hydroxylation is 2. The van der Waals surface area contributed by atoms with Gasteiger partial charge >= 0.3 is 12.1 Å². The van der Waals surface area contributed by atoms with Gasteiger partial charge in [-0.3, -0.25) is 0 Å². The van der Waals surface area contributed by atoms with E-state index in [9.17, 15) is 18.0 Å². The molecule has 0 bridgehead atoms. The van der Waals surface area contributed by atoms with Crippen LogP contribution in [0.4, 0.5) is 18.9 Å². The van der Waals surface area contributed by atoms with Crippen LogP contribution in [0.15, 0.2) is 52.3 Å². The highest BCUT2D eigenvalue weighted by Crippen LogP contribution is 2.29. The summed E-state index contributed by atoms with van der Waals surface area (Å²) in [4.78, 5) is 16.8. The van der Waals surface area contributed by atoms with Crippen LogP contribution in [0.3, 0.4) is 0 Å². The number of ether oxygens (including phenoxy) is 1. The van der Waals surface area contributed by atoms with Crippen molar-refractivity contribution < 1.29 is 17.9 Å². The molecule has 0 saturated carbocycles. The number of alkyl halides is 3. The lowest BCUT2D eigenvalue weighted by molar-refractivity contribution is -0.274. The second-order valence-electron chi connectivity index (χ2n) is 6.28. The maximum atomic E-state index is 12.3. The van der Waals surface area contributed by atoms with Gasteiger partial charge in [0.2, 0.25) is 0 Å². The molecule has 7 nitrogen and oxygen atoms in total. The van der Waals surface area contributed by atoms with Crippen molar-refractivity contribution in [2.45, 2.75) is 19.0 Å². The summed E-state index contributed by atoms with van der Waals surface area (Å²) in [6.07, 6.45) is -2.87. The summed E-state index contributed by atoms with van der Waals surface area (Å²) in [7, 11) is 1.53. The first-order valence-electron chi connectivity index (χ1n) is 8.87. The molecule has 0 aliphatic heterocycles. The highest BCUT2D eigenvalue weighted by molar-refractivity contribution is 8.38. The average molecular weight is 470 g/mol. The molecule has 0 radical (unpaired) electrons. The predicted octanol–water partition coefficient (Wildman–Crippen LogP) is 4.46. The van der Waals surface area contributed by atoms with E-state index in [1.807, 2.05) is 25.3 Å². The molecule has 3 aromatic rings. The lowest BCUT2D eigenvalue weighted by Gasteiger charge is -2.12. The molecule has 1 aromatic heterocycles. The van der Waals surface area contributed by atoms with Crippen molar-refractivity contribution in [1.29, 1.82) is 0 Å². The summed E-state index contributed by atoms with van der Waals surface area (Å²) in [6.45, 7) is 1.94. The first kappa shape index (κ1) is 22.9. The third kappa shape index (κ3) is 5.91. The number of thioether (sulfide) groups is 2. The van der Waals surface area contributed by atoms with Gasteiger partial charge in [-0.2, -0.15) is 9.36 Å². The smallest absolute Gasteiger partial charge is 0.406 e. The van der Waals surface area contributed by atoms with E-state index in [4.69, 9.17) is 0 Å². The van der Waals surface area contributed by atoms with Crippen LogP contribution in [-0.2, 0) is 12.8 Å². The Morgan fingerprint density at radius 3 is 2.45 bits per heavy atom. The average Bonchev–Trinajstić information content (AvgIpc) is 3.04. The molecule has 31 heavy (non-hydrogen) atoms. The summed E-state index contributed by atoms with van der Waals surface area (Å²) in [6, 6.07) is 10.9. The van der Waals surface area contributed by atoms with Crippen LogP contribution in [0.5, 0.6) is 5.75 Å². The van der Waals surface area contributed by atoms with Gasteiger partial charge in [0.1, 0.15) is 10.1 Å². The number of benzene rings is 2. The zero-order chi connectivity index (χ0) is 22.6. The maximum Gasteiger partial charge on any atom is 0.573 e. The number of aromatic nitrogens is 4. The summed E-state index contributed by atoms with van der Waals surface area (Å²) < 4.78 is 43.9. The number of nitrogens with zero attached hydrogens (tertiary/aromatic N) is 5. The normalized spacial score (nSPS) is 12.3. The fourth-order valence-electron chi connectivity index (χ4n) is 2.64. The molecular weight excluding hydrogens is 451 g/mol. The molecule has 0 fully saturated rings. The molecule has 2 aromatic carbocycles. The van der Waals surface area contributed by atoms with Gasteiger partial charge in [-0.15, -0.1) is 24.9 Å². The first-order valence-corrected chi connectivity index (χ1v) is 11.1. The third-order valence-corrected chi connectivity index (χ3v) is 6.21. The number of aliphatic imine (C=N–C) groups is 1. The van der Waals surface area contributed by atoms with Gasteiger partial charge in [-0.1, -0.05) is 23.9 Å². The Morgan fingerprint density at radius 2 is 1.87 bits per heavy atom. The second-order valence-corrected chi connectivity index (χ2v) is 8.30. The molecule has 0 atom stereocenters. The molecule has 12 heteroatoms. The number of halogens is 3. The lowest BCUT2D eigenvalue weighted by atomic mass is 10.1. The molecule has 0 spiro atoms. The summed E-state index contributed by atoms with van der Waals surface area (Å²) >= 11 is 2.86. The summed E-state index contributed by atoms with van der Waals surface area (Å²) in [5.74, 6) is 0.212. The highest BCUT2D eigenvalue weighted by atomic mass is 32.2. The van der Waals surface area contributed by atoms with Crippen LogP contribution in [-0.4, -0.2) is 36.8 Å². The minimum atomic E-state index is -4.73. The van der Waals surface area contributed by atoms with Gasteiger partial charge in [0.05, 0.1) is 11.4 Å². The summed E-state index contributed by atoms with van der Waals surface area (Å²) in [5, 5.41) is 7.68. The standard InChI is InChI=1S/C19H18F3N5O2S2/c1-12-5-4-6-16(27-18(28)26(2)24-25-27)15(12)11-31-17(30-3)23-13-7-9-14(10-8-13)29-19(20,21)22/h4-10H,11H2,1-3H3/b23-17-. The van der Waals surface area contributed by atoms with Gasteiger partial charge in [0, 0.05) is 12.8 Å². The maximum absolute atomic E-state index is 12.3. The third-order valence-electron chi connectivity index (χ3n) is 4.14. The van der Waals surface area contributed by atoms with Crippen LogP contribution in [0.25, 0.3) is 5.69 Å². The number of tetrazole rings is 1. The quantitative estimate of drug-likeness (QED) is 0.406. The molecule has 164 valence electrons. The zero-order valence-electron chi connectivity index (χ0n) is 16.8. The van der Waals surface area contributed by atoms with Crippen molar-refractivity contribution in [1.82, 2.24) is 19.8 Å². The van der Waals surface area contributed by atoms with E-state index >= 15 is 0 Å². The van der Waals surface area contributed by atoms with E-state index in [-0.39, 0.29) is 11.4 Å². The lowest BCUT2D eigenvalue weighted by Crippen LogP contribution is -2.23. The first-order chi connectivity index (χ1) is 14.7. The fourth-order valence-corrected chi connectivity index (χ4v) is 4.29. The Kier molecular flexibility index (Phi) is 7.11. The minimum absolute atomic E-state index is 0.302. The van der Waals surface area contributed by atoms with Crippen LogP contribution in [0, 0.1) is 6.92 Å².